The molecule has 144 valence electrons. The van der Waals surface area contributed by atoms with E-state index in [1.54, 1.807) is 13.0 Å². The Kier molecular flexibility index (Phi) is 4.68. The first kappa shape index (κ1) is 19.2. The number of aromatic nitrogens is 2. The molecule has 1 aliphatic heterocycles. The Morgan fingerprint density at radius 1 is 1.21 bits per heavy atom. The molecule has 9 heteroatoms. The molecule has 9 nitrogen and oxygen atoms in total. The minimum atomic E-state index is -0.559. The van der Waals surface area contributed by atoms with Crippen LogP contribution >= 0.6 is 0 Å². The summed E-state index contributed by atoms with van der Waals surface area (Å²) in [7, 11) is 0. The summed E-state index contributed by atoms with van der Waals surface area (Å²) >= 11 is 0. The van der Waals surface area contributed by atoms with Crippen molar-refractivity contribution in [1.29, 1.82) is 0 Å². The van der Waals surface area contributed by atoms with Crippen LogP contribution in [-0.4, -0.2) is 33.3 Å². The van der Waals surface area contributed by atoms with Crippen LogP contribution in [0.2, 0.25) is 0 Å². The number of aliphatic imine (C=N–C) groups is 2. The van der Waals surface area contributed by atoms with E-state index in [9.17, 15) is 14.4 Å². The Balaban J connectivity index is 2.04. The topological polar surface area (TPSA) is 119 Å². The first-order valence-electron chi connectivity index (χ1n) is 8.45. The van der Waals surface area contributed by atoms with E-state index in [1.807, 2.05) is 20.8 Å². The van der Waals surface area contributed by atoms with Crippen molar-refractivity contribution in [3.63, 3.8) is 0 Å². The highest BCUT2D eigenvalue weighted by atomic mass is 16.4. The zero-order valence-electron chi connectivity index (χ0n) is 15.9. The van der Waals surface area contributed by atoms with Crippen LogP contribution in [0.3, 0.4) is 0 Å². The lowest BCUT2D eigenvalue weighted by molar-refractivity contribution is -0.113. The van der Waals surface area contributed by atoms with E-state index in [1.165, 1.54) is 10.7 Å². The van der Waals surface area contributed by atoms with Crippen molar-refractivity contribution in [2.75, 3.05) is 5.32 Å². The molecule has 1 aliphatic rings. The largest absolute Gasteiger partial charge is 0.430 e. The molecule has 0 saturated carbocycles. The summed E-state index contributed by atoms with van der Waals surface area (Å²) in [6.45, 7) is 11.2. The van der Waals surface area contributed by atoms with Crippen LogP contribution in [0.4, 0.5) is 5.82 Å². The zero-order chi connectivity index (χ0) is 20.6. The van der Waals surface area contributed by atoms with Gasteiger partial charge < -0.3 is 9.73 Å². The van der Waals surface area contributed by atoms with Crippen LogP contribution in [0.25, 0.3) is 0 Å². The summed E-state index contributed by atoms with van der Waals surface area (Å²) in [6, 6.07) is 4.18. The first-order chi connectivity index (χ1) is 13.1. The summed E-state index contributed by atoms with van der Waals surface area (Å²) in [5.41, 5.74) is 0.555. The molecule has 28 heavy (non-hydrogen) atoms. The van der Waals surface area contributed by atoms with Gasteiger partial charge in [-0.3, -0.25) is 9.59 Å². The molecule has 0 bridgehead atoms. The van der Waals surface area contributed by atoms with Gasteiger partial charge in [0.25, 0.3) is 17.8 Å². The molecule has 2 aromatic rings. The highest BCUT2D eigenvalue weighted by Gasteiger charge is 2.26. The smallest absolute Gasteiger partial charge is 0.335 e. The van der Waals surface area contributed by atoms with Crippen molar-refractivity contribution < 1.29 is 14.0 Å². The quantitative estimate of drug-likeness (QED) is 0.800. The standard InChI is InChI=1S/C19H19N5O4/c1-10-11(2)20-18(22-16(10)26)24-14(8-13(23-24)19(3,4)5)21-17(27)12-6-7-15(25)28-9-12/h6-9H,1H2,2-5H3,(H,21,27). The molecule has 0 radical (unpaired) electrons. The fourth-order valence-corrected chi connectivity index (χ4v) is 2.32. The summed E-state index contributed by atoms with van der Waals surface area (Å²) in [5.74, 6) is -0.729. The third kappa shape index (κ3) is 3.73. The number of nitrogens with zero attached hydrogens (tertiary/aromatic N) is 4. The molecule has 2 aromatic heterocycles. The predicted molar refractivity (Wildman–Crippen MR) is 104 cm³/mol. The maximum atomic E-state index is 12.5. The molecule has 0 aliphatic carbocycles. The Morgan fingerprint density at radius 3 is 2.50 bits per heavy atom. The van der Waals surface area contributed by atoms with Gasteiger partial charge in [-0.15, -0.1) is 0 Å². The average molecular weight is 381 g/mol. The van der Waals surface area contributed by atoms with Gasteiger partial charge in [0.05, 0.1) is 22.5 Å². The van der Waals surface area contributed by atoms with E-state index in [-0.39, 0.29) is 28.3 Å². The third-order valence-electron chi connectivity index (χ3n) is 4.04. The SMILES string of the molecule is C=C1C(=O)N=C(n2nc(C(C)(C)C)cc2NC(=O)c2ccc(=O)oc2)N=C1C. The Bertz CT molecular complexity index is 1090. The van der Waals surface area contributed by atoms with Crippen molar-refractivity contribution in [3.8, 4) is 0 Å². The van der Waals surface area contributed by atoms with E-state index in [0.717, 1.165) is 12.3 Å². The molecule has 2 amide bonds. The Morgan fingerprint density at radius 2 is 1.93 bits per heavy atom. The Labute approximate surface area is 160 Å². The first-order valence-corrected chi connectivity index (χ1v) is 8.45. The van der Waals surface area contributed by atoms with Gasteiger partial charge in [0.2, 0.25) is 0 Å². The monoisotopic (exact) mass is 381 g/mol. The molecule has 3 heterocycles. The fraction of sp³-hybridized carbons (Fsp3) is 0.263. The van der Waals surface area contributed by atoms with Gasteiger partial charge >= 0.3 is 5.63 Å². The number of nitrogens with one attached hydrogen (secondary N) is 1. The molecule has 0 aromatic carbocycles. The number of hydrogen-bond donors (Lipinski definition) is 1. The molecule has 1 N–H and O–H groups in total. The summed E-state index contributed by atoms with van der Waals surface area (Å²) in [5, 5.41) is 7.16. The van der Waals surface area contributed by atoms with Gasteiger partial charge in [0.15, 0.2) is 0 Å². The van der Waals surface area contributed by atoms with Crippen LogP contribution in [0.5, 0.6) is 0 Å². The molecular formula is C19H19N5O4. The van der Waals surface area contributed by atoms with E-state index < -0.39 is 17.4 Å². The van der Waals surface area contributed by atoms with Crippen molar-refractivity contribution >= 4 is 29.3 Å². The maximum absolute atomic E-state index is 12.5. The lowest BCUT2D eigenvalue weighted by Gasteiger charge is -2.14. The van der Waals surface area contributed by atoms with E-state index in [4.69, 9.17) is 4.42 Å². The third-order valence-corrected chi connectivity index (χ3v) is 4.04. The lowest BCUT2D eigenvalue weighted by Crippen LogP contribution is -2.25. The summed E-state index contributed by atoms with van der Waals surface area (Å²) in [4.78, 5) is 43.8. The van der Waals surface area contributed by atoms with Crippen LogP contribution in [0.1, 0.15) is 43.7 Å². The van der Waals surface area contributed by atoms with Crippen LogP contribution < -0.4 is 10.9 Å². The van der Waals surface area contributed by atoms with Crippen molar-refractivity contribution in [2.45, 2.75) is 33.1 Å². The number of amides is 2. The number of carbonyl (C=O) groups excluding carboxylic acids is 2. The number of carbonyl (C=O) groups is 2. The molecule has 3 rings (SSSR count). The normalized spacial score (nSPS) is 14.6. The minimum Gasteiger partial charge on any atom is -0.430 e. The molecule has 0 unspecified atom stereocenters. The van der Waals surface area contributed by atoms with Crippen molar-refractivity contribution in [3.05, 3.63) is 58.3 Å². The second-order valence-corrected chi connectivity index (χ2v) is 7.27. The van der Waals surface area contributed by atoms with Crippen LogP contribution in [0.15, 0.2) is 55.8 Å². The van der Waals surface area contributed by atoms with Crippen LogP contribution in [-0.2, 0) is 10.2 Å². The van der Waals surface area contributed by atoms with Gasteiger partial charge in [0, 0.05) is 17.5 Å². The second-order valence-electron chi connectivity index (χ2n) is 7.27. The average Bonchev–Trinajstić information content (AvgIpc) is 3.04. The van der Waals surface area contributed by atoms with Crippen molar-refractivity contribution in [1.82, 2.24) is 9.78 Å². The highest BCUT2D eigenvalue weighted by molar-refractivity contribution is 6.28. The molecule has 0 fully saturated rings. The van der Waals surface area contributed by atoms with Crippen LogP contribution in [0, 0.1) is 0 Å². The molecule has 0 saturated heterocycles. The van der Waals surface area contributed by atoms with Gasteiger partial charge in [-0.1, -0.05) is 27.4 Å². The zero-order valence-corrected chi connectivity index (χ0v) is 15.9. The molecule has 0 atom stereocenters. The second kappa shape index (κ2) is 6.84. The predicted octanol–water partition coefficient (Wildman–Crippen LogP) is 2.15. The summed E-state index contributed by atoms with van der Waals surface area (Å²) < 4.78 is 6.02. The van der Waals surface area contributed by atoms with Gasteiger partial charge in [-0.25, -0.2) is 9.79 Å². The molecule has 0 spiro atoms. The number of rotatable bonds is 2. The lowest BCUT2D eigenvalue weighted by atomic mass is 9.92. The van der Waals surface area contributed by atoms with E-state index in [2.05, 4.69) is 27.0 Å². The number of hydrogen-bond acceptors (Lipinski definition) is 6. The minimum absolute atomic E-state index is 0.0280. The highest BCUT2D eigenvalue weighted by Crippen LogP contribution is 2.25. The summed E-state index contributed by atoms with van der Waals surface area (Å²) in [6.07, 6.45) is 1.07. The van der Waals surface area contributed by atoms with Gasteiger partial charge in [-0.2, -0.15) is 14.8 Å². The number of anilines is 1. The van der Waals surface area contributed by atoms with Crippen molar-refractivity contribution in [2.24, 2.45) is 9.98 Å². The fourth-order valence-electron chi connectivity index (χ4n) is 2.32. The Hall–Kier alpha value is -3.62. The maximum Gasteiger partial charge on any atom is 0.335 e. The van der Waals surface area contributed by atoms with Gasteiger partial charge in [0.1, 0.15) is 12.1 Å². The van der Waals surface area contributed by atoms with Gasteiger partial charge in [-0.05, 0) is 13.0 Å². The van der Waals surface area contributed by atoms with E-state index in [0.29, 0.717) is 11.4 Å². The molecular weight excluding hydrogens is 362 g/mol. The van der Waals surface area contributed by atoms with E-state index >= 15 is 0 Å².